The van der Waals surface area contributed by atoms with Crippen molar-refractivity contribution in [1.82, 2.24) is 14.7 Å². The van der Waals surface area contributed by atoms with Crippen LogP contribution in [0.1, 0.15) is 25.0 Å². The van der Waals surface area contributed by atoms with Crippen molar-refractivity contribution >= 4 is 11.9 Å². The van der Waals surface area contributed by atoms with Crippen LogP contribution in [0.2, 0.25) is 0 Å². The van der Waals surface area contributed by atoms with Crippen LogP contribution in [0.4, 0.5) is 9.18 Å². The summed E-state index contributed by atoms with van der Waals surface area (Å²) in [6.45, 7) is 8.87. The van der Waals surface area contributed by atoms with Crippen LogP contribution < -0.4 is 0 Å². The van der Waals surface area contributed by atoms with Gasteiger partial charge in [-0.2, -0.15) is 0 Å². The number of amides is 3. The van der Waals surface area contributed by atoms with Crippen molar-refractivity contribution in [3.63, 3.8) is 0 Å². The highest BCUT2D eigenvalue weighted by Crippen LogP contribution is 2.26. The Balaban J connectivity index is 1.44. The molecule has 7 heteroatoms. The van der Waals surface area contributed by atoms with Gasteiger partial charge in [0.2, 0.25) is 5.91 Å². The smallest absolute Gasteiger partial charge is 0.327 e. The zero-order valence-electron chi connectivity index (χ0n) is 18.7. The normalized spacial score (nSPS) is 17.6. The molecule has 6 nitrogen and oxygen atoms in total. The molecule has 32 heavy (non-hydrogen) atoms. The van der Waals surface area contributed by atoms with Gasteiger partial charge in [0.25, 0.3) is 0 Å². The van der Waals surface area contributed by atoms with Gasteiger partial charge in [-0.15, -0.1) is 0 Å². The molecule has 2 aromatic carbocycles. The van der Waals surface area contributed by atoms with Crippen molar-refractivity contribution in [2.45, 2.75) is 26.9 Å². The van der Waals surface area contributed by atoms with E-state index in [1.54, 1.807) is 4.90 Å². The first-order chi connectivity index (χ1) is 15.4. The number of urea groups is 1. The molecule has 2 aliphatic rings. The molecule has 0 N–H and O–H groups in total. The molecule has 3 amide bonds. The Hall–Kier alpha value is -2.77. The molecular weight excluding hydrogens is 409 g/mol. The summed E-state index contributed by atoms with van der Waals surface area (Å²) in [5.74, 6) is -0.177. The highest BCUT2D eigenvalue weighted by molar-refractivity contribution is 6.01. The van der Waals surface area contributed by atoms with Crippen molar-refractivity contribution in [3.8, 4) is 11.1 Å². The molecule has 2 heterocycles. The van der Waals surface area contributed by atoms with Crippen molar-refractivity contribution in [1.29, 1.82) is 0 Å². The number of hydrogen-bond donors (Lipinski definition) is 0. The lowest BCUT2D eigenvalue weighted by Crippen LogP contribution is -2.35. The molecule has 2 aromatic rings. The number of ether oxygens (including phenoxy) is 1. The minimum atomic E-state index is -0.256. The topological polar surface area (TPSA) is 53.1 Å². The molecule has 0 unspecified atom stereocenters. The average molecular weight is 440 g/mol. The molecule has 0 spiro atoms. The fourth-order valence-corrected chi connectivity index (χ4v) is 4.18. The van der Waals surface area contributed by atoms with Gasteiger partial charge in [0, 0.05) is 38.3 Å². The van der Waals surface area contributed by atoms with Crippen LogP contribution in [0.25, 0.3) is 11.1 Å². The quantitative estimate of drug-likeness (QED) is 0.617. The van der Waals surface area contributed by atoms with Gasteiger partial charge in [-0.3, -0.25) is 14.6 Å². The number of carbonyl (C=O) groups excluding carboxylic acids is 2. The number of morpholine rings is 1. The molecule has 2 aliphatic heterocycles. The average Bonchev–Trinajstić information content (AvgIpc) is 3.03. The molecule has 170 valence electrons. The Kier molecular flexibility index (Phi) is 6.86. The van der Waals surface area contributed by atoms with Crippen LogP contribution in [-0.4, -0.2) is 66.0 Å². The SMILES string of the molecule is CC(C)CN1C(=O)CN(Cc2ccc(-c3cc(CN4CCOCC4)ccc3F)cc2)C1=O. The first-order valence-electron chi connectivity index (χ1n) is 11.2. The molecule has 0 aliphatic carbocycles. The van der Waals surface area contributed by atoms with E-state index in [1.807, 2.05) is 50.2 Å². The van der Waals surface area contributed by atoms with E-state index in [0.29, 0.717) is 18.7 Å². The standard InChI is InChI=1S/C25H30FN3O3/c1-18(2)14-29-24(30)17-28(25(29)31)16-19-3-6-21(7-4-19)22-13-20(5-8-23(22)26)15-27-9-11-32-12-10-27/h3-8,13,18H,9-12,14-17H2,1-2H3. The fourth-order valence-electron chi connectivity index (χ4n) is 4.18. The van der Waals surface area contributed by atoms with E-state index in [0.717, 1.165) is 49.5 Å². The van der Waals surface area contributed by atoms with E-state index in [4.69, 9.17) is 4.74 Å². The molecule has 2 saturated heterocycles. The van der Waals surface area contributed by atoms with Gasteiger partial charge in [-0.1, -0.05) is 44.2 Å². The molecule has 2 fully saturated rings. The van der Waals surface area contributed by atoms with Gasteiger partial charge in [0.05, 0.1) is 13.2 Å². The Labute approximate surface area is 188 Å². The molecule has 0 bridgehead atoms. The molecule has 0 radical (unpaired) electrons. The third-order valence-corrected chi connectivity index (χ3v) is 5.86. The molecule has 4 rings (SSSR count). The van der Waals surface area contributed by atoms with E-state index >= 15 is 0 Å². The predicted octanol–water partition coefficient (Wildman–Crippen LogP) is 3.75. The minimum absolute atomic E-state index is 0.103. The molecule has 0 aromatic heterocycles. The number of rotatable bonds is 7. The third-order valence-electron chi connectivity index (χ3n) is 5.86. The summed E-state index contributed by atoms with van der Waals surface area (Å²) in [4.78, 5) is 29.9. The van der Waals surface area contributed by atoms with Crippen LogP contribution >= 0.6 is 0 Å². The number of carbonyl (C=O) groups is 2. The fraction of sp³-hybridized carbons (Fsp3) is 0.440. The summed E-state index contributed by atoms with van der Waals surface area (Å²) in [7, 11) is 0. The maximum atomic E-state index is 14.6. The van der Waals surface area contributed by atoms with Gasteiger partial charge in [0.1, 0.15) is 12.4 Å². The Morgan fingerprint density at radius 1 is 0.969 bits per heavy atom. The number of hydrogen-bond acceptors (Lipinski definition) is 4. The van der Waals surface area contributed by atoms with Crippen LogP contribution in [0, 0.1) is 11.7 Å². The van der Waals surface area contributed by atoms with Crippen molar-refractivity contribution in [2.75, 3.05) is 39.4 Å². The van der Waals surface area contributed by atoms with Gasteiger partial charge < -0.3 is 9.64 Å². The largest absolute Gasteiger partial charge is 0.379 e. The second kappa shape index (κ2) is 9.79. The monoisotopic (exact) mass is 439 g/mol. The zero-order valence-corrected chi connectivity index (χ0v) is 18.7. The Morgan fingerprint density at radius 3 is 2.34 bits per heavy atom. The lowest BCUT2D eigenvalue weighted by molar-refractivity contribution is -0.125. The van der Waals surface area contributed by atoms with Crippen molar-refractivity contribution in [2.24, 2.45) is 5.92 Å². The summed E-state index contributed by atoms with van der Waals surface area (Å²) in [6, 6.07) is 12.6. The number of nitrogens with zero attached hydrogens (tertiary/aromatic N) is 3. The first-order valence-corrected chi connectivity index (χ1v) is 11.2. The number of halogens is 1. The van der Waals surface area contributed by atoms with E-state index in [-0.39, 0.29) is 30.2 Å². The second-order valence-corrected chi connectivity index (χ2v) is 8.94. The van der Waals surface area contributed by atoms with Crippen LogP contribution in [-0.2, 0) is 22.6 Å². The van der Waals surface area contributed by atoms with E-state index in [9.17, 15) is 14.0 Å². The highest BCUT2D eigenvalue weighted by atomic mass is 19.1. The molecule has 0 atom stereocenters. The minimum Gasteiger partial charge on any atom is -0.379 e. The summed E-state index contributed by atoms with van der Waals surface area (Å²) < 4.78 is 20.0. The predicted molar refractivity (Wildman–Crippen MR) is 120 cm³/mol. The zero-order chi connectivity index (χ0) is 22.7. The van der Waals surface area contributed by atoms with E-state index in [1.165, 1.54) is 11.0 Å². The number of benzene rings is 2. The highest BCUT2D eigenvalue weighted by Gasteiger charge is 2.35. The van der Waals surface area contributed by atoms with Crippen LogP contribution in [0.5, 0.6) is 0 Å². The lowest BCUT2D eigenvalue weighted by atomic mass is 10.0. The van der Waals surface area contributed by atoms with Crippen molar-refractivity contribution in [3.05, 3.63) is 59.4 Å². The Morgan fingerprint density at radius 2 is 1.66 bits per heavy atom. The summed E-state index contributed by atoms with van der Waals surface area (Å²) in [5.41, 5.74) is 3.34. The van der Waals surface area contributed by atoms with E-state index in [2.05, 4.69) is 4.90 Å². The first kappa shape index (κ1) is 22.4. The second-order valence-electron chi connectivity index (χ2n) is 8.94. The van der Waals surface area contributed by atoms with Gasteiger partial charge >= 0.3 is 6.03 Å². The van der Waals surface area contributed by atoms with Gasteiger partial charge in [-0.05, 0) is 34.7 Å². The summed E-state index contributed by atoms with van der Waals surface area (Å²) in [6.07, 6.45) is 0. The maximum Gasteiger partial charge on any atom is 0.327 e. The summed E-state index contributed by atoms with van der Waals surface area (Å²) in [5, 5.41) is 0. The van der Waals surface area contributed by atoms with Gasteiger partial charge in [-0.25, -0.2) is 9.18 Å². The van der Waals surface area contributed by atoms with E-state index < -0.39 is 0 Å². The Bertz CT molecular complexity index is 971. The van der Waals surface area contributed by atoms with Crippen molar-refractivity contribution < 1.29 is 18.7 Å². The number of imide groups is 1. The lowest BCUT2D eigenvalue weighted by Gasteiger charge is -2.26. The molecular formula is C25H30FN3O3. The maximum absolute atomic E-state index is 14.6. The van der Waals surface area contributed by atoms with Crippen LogP contribution in [0.3, 0.4) is 0 Å². The van der Waals surface area contributed by atoms with Crippen LogP contribution in [0.15, 0.2) is 42.5 Å². The molecule has 0 saturated carbocycles. The van der Waals surface area contributed by atoms with Gasteiger partial charge in [0.15, 0.2) is 0 Å². The summed E-state index contributed by atoms with van der Waals surface area (Å²) >= 11 is 0. The third kappa shape index (κ3) is 5.16.